The van der Waals surface area contributed by atoms with E-state index in [0.29, 0.717) is 11.6 Å². The van der Waals surface area contributed by atoms with Crippen molar-refractivity contribution in [1.29, 1.82) is 0 Å². The fraction of sp³-hybridized carbons (Fsp3) is 0.706. The van der Waals surface area contributed by atoms with Crippen molar-refractivity contribution in [2.24, 2.45) is 5.92 Å². The third kappa shape index (κ3) is 3.31. The highest BCUT2D eigenvalue weighted by Gasteiger charge is 2.24. The molecular weight excluding hydrogens is 304 g/mol. The van der Waals surface area contributed by atoms with Crippen LogP contribution in [0.15, 0.2) is 16.9 Å². The van der Waals surface area contributed by atoms with Gasteiger partial charge in [-0.3, -0.25) is 0 Å². The molecule has 0 amide bonds. The van der Waals surface area contributed by atoms with E-state index in [4.69, 9.17) is 0 Å². The zero-order valence-corrected chi connectivity index (χ0v) is 14.2. The molecule has 4 rings (SSSR count). The second kappa shape index (κ2) is 6.93. The second-order valence-corrected chi connectivity index (χ2v) is 7.16. The molecule has 0 aromatic carbocycles. The van der Waals surface area contributed by atoms with Gasteiger partial charge < -0.3 is 9.80 Å². The Morgan fingerprint density at radius 2 is 1.92 bits per heavy atom. The van der Waals surface area contributed by atoms with Crippen LogP contribution in [0.3, 0.4) is 0 Å². The summed E-state index contributed by atoms with van der Waals surface area (Å²) >= 11 is 0. The maximum atomic E-state index is 11.7. The van der Waals surface area contributed by atoms with Crippen molar-refractivity contribution in [1.82, 2.24) is 24.7 Å². The zero-order valence-electron chi connectivity index (χ0n) is 14.2. The van der Waals surface area contributed by atoms with Crippen molar-refractivity contribution in [2.45, 2.75) is 38.5 Å². The predicted molar refractivity (Wildman–Crippen MR) is 93.5 cm³/mol. The number of aromatic amines is 1. The number of likely N-dealkylation sites (tertiary alicyclic amines) is 1. The molecule has 0 spiro atoms. The molecule has 4 heterocycles. The summed E-state index contributed by atoms with van der Waals surface area (Å²) in [6.45, 7) is 5.75. The van der Waals surface area contributed by atoms with Gasteiger partial charge in [-0.05, 0) is 56.8 Å². The van der Waals surface area contributed by atoms with Gasteiger partial charge in [0.1, 0.15) is 5.82 Å². The fourth-order valence-electron chi connectivity index (χ4n) is 4.07. The molecular formula is C17H26N6O. The summed E-state index contributed by atoms with van der Waals surface area (Å²) < 4.78 is 1.35. The van der Waals surface area contributed by atoms with E-state index in [2.05, 4.69) is 25.1 Å². The Morgan fingerprint density at radius 1 is 1.08 bits per heavy atom. The van der Waals surface area contributed by atoms with Crippen LogP contribution >= 0.6 is 0 Å². The monoisotopic (exact) mass is 330 g/mol. The number of hydrogen-bond donors (Lipinski definition) is 1. The molecule has 2 saturated heterocycles. The lowest BCUT2D eigenvalue weighted by Gasteiger charge is -2.36. The summed E-state index contributed by atoms with van der Waals surface area (Å²) in [5, 5.41) is 10.9. The van der Waals surface area contributed by atoms with Gasteiger partial charge in [-0.15, -0.1) is 5.10 Å². The third-order valence-electron chi connectivity index (χ3n) is 5.32. The summed E-state index contributed by atoms with van der Waals surface area (Å²) in [6.07, 6.45) is 7.95. The second-order valence-electron chi connectivity index (χ2n) is 7.16. The predicted octanol–water partition coefficient (Wildman–Crippen LogP) is 1.51. The van der Waals surface area contributed by atoms with Gasteiger partial charge in [0, 0.05) is 19.6 Å². The topological polar surface area (TPSA) is 69.5 Å². The maximum absolute atomic E-state index is 11.7. The van der Waals surface area contributed by atoms with Crippen molar-refractivity contribution in [3.05, 3.63) is 22.6 Å². The number of aromatic nitrogens is 4. The molecule has 2 aliphatic heterocycles. The van der Waals surface area contributed by atoms with E-state index in [1.165, 1.54) is 62.7 Å². The van der Waals surface area contributed by atoms with E-state index in [9.17, 15) is 4.79 Å². The van der Waals surface area contributed by atoms with Crippen LogP contribution in [-0.4, -0.2) is 57.4 Å². The van der Waals surface area contributed by atoms with E-state index < -0.39 is 0 Å². The highest BCUT2D eigenvalue weighted by atomic mass is 16.2. The molecule has 7 nitrogen and oxygen atoms in total. The average molecular weight is 330 g/mol. The molecule has 130 valence electrons. The summed E-state index contributed by atoms with van der Waals surface area (Å²) in [5.41, 5.74) is 0.298. The first-order valence-corrected chi connectivity index (χ1v) is 9.21. The Hall–Kier alpha value is -1.89. The summed E-state index contributed by atoms with van der Waals surface area (Å²) in [6, 6.07) is 3.84. The molecule has 2 fully saturated rings. The molecule has 0 saturated carbocycles. The number of piperidine rings is 1. The number of fused-ring (bicyclic) bond motifs is 1. The van der Waals surface area contributed by atoms with Crippen LogP contribution in [0.5, 0.6) is 0 Å². The van der Waals surface area contributed by atoms with Gasteiger partial charge in [-0.2, -0.15) is 9.61 Å². The van der Waals surface area contributed by atoms with Crippen molar-refractivity contribution >= 4 is 11.5 Å². The van der Waals surface area contributed by atoms with Crippen molar-refractivity contribution in [3.63, 3.8) is 0 Å². The van der Waals surface area contributed by atoms with Gasteiger partial charge in [-0.1, -0.05) is 12.8 Å². The van der Waals surface area contributed by atoms with Crippen LogP contribution in [0.25, 0.3) is 5.65 Å². The van der Waals surface area contributed by atoms with Gasteiger partial charge in [-0.25, -0.2) is 9.89 Å². The fourth-order valence-corrected chi connectivity index (χ4v) is 4.07. The van der Waals surface area contributed by atoms with Gasteiger partial charge in [0.25, 0.3) is 0 Å². The summed E-state index contributed by atoms with van der Waals surface area (Å²) in [4.78, 5) is 16.7. The highest BCUT2D eigenvalue weighted by molar-refractivity contribution is 5.45. The number of hydrogen-bond acceptors (Lipinski definition) is 5. The Bertz CT molecular complexity index is 730. The highest BCUT2D eigenvalue weighted by Crippen LogP contribution is 2.23. The molecule has 24 heavy (non-hydrogen) atoms. The smallest absolute Gasteiger partial charge is 0.355 e. The van der Waals surface area contributed by atoms with Crippen LogP contribution in [0.2, 0.25) is 0 Å². The standard InChI is InChI=1S/C17H26N6O/c24-17-19-18-15-7-8-16(20-23(15)17)22-11-5-6-14(13-22)12-21-9-3-1-2-4-10-21/h7-8,14H,1-6,9-13H2,(H,19,24)/t14-/m1/s1. The Kier molecular flexibility index (Phi) is 4.51. The van der Waals surface area contributed by atoms with Gasteiger partial charge in [0.05, 0.1) is 0 Å². The Balaban J connectivity index is 1.45. The number of nitrogens with zero attached hydrogens (tertiary/aromatic N) is 5. The van der Waals surface area contributed by atoms with Crippen molar-refractivity contribution < 1.29 is 0 Å². The van der Waals surface area contributed by atoms with Crippen LogP contribution in [-0.2, 0) is 0 Å². The van der Waals surface area contributed by atoms with Crippen molar-refractivity contribution in [3.8, 4) is 0 Å². The number of nitrogens with one attached hydrogen (secondary N) is 1. The first kappa shape index (κ1) is 15.6. The number of anilines is 1. The first-order valence-electron chi connectivity index (χ1n) is 9.21. The molecule has 1 N–H and O–H groups in total. The van der Waals surface area contributed by atoms with Gasteiger partial charge >= 0.3 is 5.69 Å². The average Bonchev–Trinajstić information content (AvgIpc) is 2.81. The molecule has 0 bridgehead atoms. The molecule has 7 heteroatoms. The largest absolute Gasteiger partial charge is 0.364 e. The minimum absolute atomic E-state index is 0.273. The Morgan fingerprint density at radius 3 is 2.75 bits per heavy atom. The van der Waals surface area contributed by atoms with E-state index in [-0.39, 0.29) is 5.69 Å². The summed E-state index contributed by atoms with van der Waals surface area (Å²) in [5.74, 6) is 1.57. The minimum atomic E-state index is -0.273. The van der Waals surface area contributed by atoms with Gasteiger partial charge in [0.15, 0.2) is 5.65 Å². The summed E-state index contributed by atoms with van der Waals surface area (Å²) in [7, 11) is 0. The van der Waals surface area contributed by atoms with E-state index >= 15 is 0 Å². The first-order chi connectivity index (χ1) is 11.8. The number of rotatable bonds is 3. The third-order valence-corrected chi connectivity index (χ3v) is 5.32. The molecule has 2 aromatic heterocycles. The normalized spacial score (nSPS) is 23.5. The van der Waals surface area contributed by atoms with Crippen LogP contribution in [0, 0.1) is 5.92 Å². The molecule has 0 aliphatic carbocycles. The molecule has 0 unspecified atom stereocenters. The molecule has 2 aromatic rings. The van der Waals surface area contributed by atoms with E-state index in [0.717, 1.165) is 18.9 Å². The lowest BCUT2D eigenvalue weighted by atomic mass is 9.97. The molecule has 2 aliphatic rings. The maximum Gasteiger partial charge on any atom is 0.364 e. The van der Waals surface area contributed by atoms with Gasteiger partial charge in [0.2, 0.25) is 0 Å². The lowest BCUT2D eigenvalue weighted by molar-refractivity contribution is 0.222. The number of H-pyrrole nitrogens is 1. The van der Waals surface area contributed by atoms with Crippen LogP contribution in [0.1, 0.15) is 38.5 Å². The van der Waals surface area contributed by atoms with Crippen molar-refractivity contribution in [2.75, 3.05) is 37.6 Å². The molecule has 0 radical (unpaired) electrons. The van der Waals surface area contributed by atoms with Crippen LogP contribution in [0.4, 0.5) is 5.82 Å². The molecule has 1 atom stereocenters. The minimum Gasteiger partial charge on any atom is -0.355 e. The van der Waals surface area contributed by atoms with Crippen LogP contribution < -0.4 is 10.6 Å². The SMILES string of the molecule is O=c1[nH]nc2ccc(N3CCC[C@H](CN4CCCCCC4)C3)nn12. The quantitative estimate of drug-likeness (QED) is 0.924. The van der Waals surface area contributed by atoms with E-state index in [1.807, 2.05) is 12.1 Å². The Labute approximate surface area is 141 Å². The zero-order chi connectivity index (χ0) is 16.4. The van der Waals surface area contributed by atoms with E-state index in [1.54, 1.807) is 0 Å². The lowest BCUT2D eigenvalue weighted by Crippen LogP contribution is -2.42.